The Kier molecular flexibility index (Phi) is 4.40. The van der Waals surface area contributed by atoms with Crippen molar-refractivity contribution < 1.29 is 14.1 Å². The fourth-order valence-electron chi connectivity index (χ4n) is 2.17. The van der Waals surface area contributed by atoms with E-state index in [9.17, 15) is 10.1 Å². The first-order valence-electron chi connectivity index (χ1n) is 7.09. The van der Waals surface area contributed by atoms with Crippen LogP contribution in [0.2, 0.25) is 0 Å². The number of carbonyl (C=O) groups excluding carboxylic acids is 1. The van der Waals surface area contributed by atoms with Gasteiger partial charge in [-0.05, 0) is 31.2 Å². The van der Waals surface area contributed by atoms with Gasteiger partial charge >= 0.3 is 0 Å². The molecule has 0 spiro atoms. The molecular weight excluding hydrogens is 326 g/mol. The average Bonchev–Trinajstić information content (AvgIpc) is 3.25. The highest BCUT2D eigenvalue weighted by Crippen LogP contribution is 2.29. The minimum atomic E-state index is -0.994. The van der Waals surface area contributed by atoms with Gasteiger partial charge in [-0.3, -0.25) is 4.79 Å². The van der Waals surface area contributed by atoms with E-state index in [4.69, 9.17) is 9.26 Å². The highest BCUT2D eigenvalue weighted by atomic mass is 32.1. The summed E-state index contributed by atoms with van der Waals surface area (Å²) < 4.78 is 10.0. The van der Waals surface area contributed by atoms with E-state index >= 15 is 0 Å². The molecule has 0 fully saturated rings. The summed E-state index contributed by atoms with van der Waals surface area (Å²) in [5.74, 6) is -0.134. The van der Waals surface area contributed by atoms with Gasteiger partial charge in [-0.25, -0.2) is 4.98 Å². The molecule has 0 aliphatic carbocycles. The third-order valence-corrected chi connectivity index (χ3v) is 4.34. The number of benzene rings is 1. The molecule has 24 heavy (non-hydrogen) atoms. The number of rotatable bonds is 5. The topological polar surface area (TPSA) is 89.0 Å². The summed E-state index contributed by atoms with van der Waals surface area (Å²) in [5, 5.41) is 15.3. The predicted octanol–water partition coefficient (Wildman–Crippen LogP) is 3.61. The molecule has 120 valence electrons. The van der Waals surface area contributed by atoms with Crippen LogP contribution >= 0.6 is 11.3 Å². The van der Waals surface area contributed by atoms with E-state index in [0.29, 0.717) is 16.5 Å². The molecular formula is C17H13N3O3S. The van der Waals surface area contributed by atoms with Crippen molar-refractivity contribution in [2.75, 3.05) is 7.11 Å². The molecule has 0 saturated carbocycles. The number of Topliss-reactive ketones (excluding diaryl/α,β-unsaturated/α-hetero) is 1. The fraction of sp³-hybridized carbons (Fsp3) is 0.176. The second kappa shape index (κ2) is 6.64. The highest BCUT2D eigenvalue weighted by molar-refractivity contribution is 7.10. The van der Waals surface area contributed by atoms with Crippen LogP contribution in [0.5, 0.6) is 5.75 Å². The van der Waals surface area contributed by atoms with Crippen LogP contribution in [0.1, 0.15) is 27.2 Å². The Morgan fingerprint density at radius 1 is 1.38 bits per heavy atom. The van der Waals surface area contributed by atoms with Gasteiger partial charge in [0.15, 0.2) is 11.6 Å². The van der Waals surface area contributed by atoms with Gasteiger partial charge in [0, 0.05) is 17.0 Å². The lowest BCUT2D eigenvalue weighted by Crippen LogP contribution is -2.11. The van der Waals surface area contributed by atoms with Crippen molar-refractivity contribution >= 4 is 17.1 Å². The second-order valence-electron chi connectivity index (χ2n) is 5.05. The third-order valence-electron chi connectivity index (χ3n) is 3.43. The molecule has 0 amide bonds. The summed E-state index contributed by atoms with van der Waals surface area (Å²) in [7, 11) is 1.60. The monoisotopic (exact) mass is 339 g/mol. The fourth-order valence-corrected chi connectivity index (χ4v) is 3.04. The Morgan fingerprint density at radius 2 is 2.12 bits per heavy atom. The zero-order valence-electron chi connectivity index (χ0n) is 13.0. The summed E-state index contributed by atoms with van der Waals surface area (Å²) in [4.78, 5) is 16.9. The molecule has 2 heterocycles. The van der Waals surface area contributed by atoms with Crippen LogP contribution in [0.25, 0.3) is 11.3 Å². The van der Waals surface area contributed by atoms with Crippen molar-refractivity contribution in [3.63, 3.8) is 0 Å². The van der Waals surface area contributed by atoms with E-state index in [0.717, 1.165) is 11.3 Å². The number of methoxy groups -OCH3 is 1. The summed E-state index contributed by atoms with van der Waals surface area (Å²) >= 11 is 1.27. The number of carbonyl (C=O) groups is 1. The average molecular weight is 339 g/mol. The maximum Gasteiger partial charge on any atom is 0.208 e. The maximum absolute atomic E-state index is 12.4. The number of ketones is 1. The van der Waals surface area contributed by atoms with Gasteiger partial charge in [-0.1, -0.05) is 5.16 Å². The summed E-state index contributed by atoms with van der Waals surface area (Å²) in [5.41, 5.74) is 1.74. The molecule has 0 N–H and O–H groups in total. The van der Waals surface area contributed by atoms with E-state index in [1.807, 2.05) is 35.7 Å². The summed E-state index contributed by atoms with van der Waals surface area (Å²) in [6.07, 6.45) is 0. The quantitative estimate of drug-likeness (QED) is 0.660. The number of thiazole rings is 1. The molecule has 3 rings (SSSR count). The zero-order valence-corrected chi connectivity index (χ0v) is 13.8. The molecule has 1 aromatic carbocycles. The van der Waals surface area contributed by atoms with E-state index < -0.39 is 11.7 Å². The van der Waals surface area contributed by atoms with Crippen LogP contribution in [0.3, 0.4) is 0 Å². The SMILES string of the molecule is COc1ccc(-c2csc(C(C#N)C(=O)c3cc(C)on3)n2)cc1. The molecule has 0 aliphatic rings. The van der Waals surface area contributed by atoms with Crippen LogP contribution < -0.4 is 4.74 Å². The molecule has 3 aromatic rings. The Balaban J connectivity index is 1.87. The molecule has 0 radical (unpaired) electrons. The molecule has 0 saturated heterocycles. The van der Waals surface area contributed by atoms with Gasteiger partial charge in [0.1, 0.15) is 16.5 Å². The lowest BCUT2D eigenvalue weighted by molar-refractivity contribution is 0.0970. The van der Waals surface area contributed by atoms with Gasteiger partial charge in [0.25, 0.3) is 0 Å². The Labute approximate surface area is 142 Å². The van der Waals surface area contributed by atoms with Gasteiger partial charge in [-0.2, -0.15) is 5.26 Å². The molecule has 6 nitrogen and oxygen atoms in total. The predicted molar refractivity (Wildman–Crippen MR) is 88.0 cm³/mol. The van der Waals surface area contributed by atoms with Gasteiger partial charge in [0.2, 0.25) is 5.78 Å². The smallest absolute Gasteiger partial charge is 0.208 e. The Morgan fingerprint density at radius 3 is 2.71 bits per heavy atom. The van der Waals surface area contributed by atoms with Crippen molar-refractivity contribution in [3.05, 3.63) is 52.2 Å². The van der Waals surface area contributed by atoms with Crippen LogP contribution in [-0.2, 0) is 0 Å². The molecule has 0 bridgehead atoms. The molecule has 1 unspecified atom stereocenters. The number of hydrogen-bond acceptors (Lipinski definition) is 7. The van der Waals surface area contributed by atoms with Crippen molar-refractivity contribution in [1.29, 1.82) is 5.26 Å². The minimum Gasteiger partial charge on any atom is -0.497 e. The second-order valence-corrected chi connectivity index (χ2v) is 5.94. The normalized spacial score (nSPS) is 11.7. The molecule has 1 atom stereocenters. The van der Waals surface area contributed by atoms with Gasteiger partial charge in [-0.15, -0.1) is 11.3 Å². The Bertz CT molecular complexity index is 906. The van der Waals surface area contributed by atoms with Crippen LogP contribution in [0.4, 0.5) is 0 Å². The maximum atomic E-state index is 12.4. The number of aromatic nitrogens is 2. The standard InChI is InChI=1S/C17H13N3O3S/c1-10-7-14(20-23-10)16(21)13(8-18)17-19-15(9-24-17)11-3-5-12(22-2)6-4-11/h3-7,9,13H,1-2H3. The number of nitriles is 1. The van der Waals surface area contributed by atoms with Gasteiger partial charge < -0.3 is 9.26 Å². The number of ether oxygens (including phenoxy) is 1. The molecule has 0 aliphatic heterocycles. The van der Waals surface area contributed by atoms with E-state index in [-0.39, 0.29) is 5.69 Å². The van der Waals surface area contributed by atoms with E-state index in [2.05, 4.69) is 10.1 Å². The summed E-state index contributed by atoms with van der Waals surface area (Å²) in [6, 6.07) is 10.9. The first-order valence-corrected chi connectivity index (χ1v) is 7.97. The van der Waals surface area contributed by atoms with E-state index in [1.54, 1.807) is 14.0 Å². The van der Waals surface area contributed by atoms with E-state index in [1.165, 1.54) is 17.4 Å². The van der Waals surface area contributed by atoms with Crippen LogP contribution in [0.15, 0.2) is 40.2 Å². The molecule has 2 aromatic heterocycles. The van der Waals surface area contributed by atoms with Gasteiger partial charge in [0.05, 0.1) is 18.9 Å². The largest absolute Gasteiger partial charge is 0.497 e. The number of hydrogen-bond donors (Lipinski definition) is 0. The first-order chi connectivity index (χ1) is 11.6. The highest BCUT2D eigenvalue weighted by Gasteiger charge is 2.27. The zero-order chi connectivity index (χ0) is 17.1. The minimum absolute atomic E-state index is 0.139. The molecule has 7 heteroatoms. The van der Waals surface area contributed by atoms with Crippen molar-refractivity contribution in [2.45, 2.75) is 12.8 Å². The lowest BCUT2D eigenvalue weighted by atomic mass is 10.0. The van der Waals surface area contributed by atoms with Crippen LogP contribution in [0, 0.1) is 18.3 Å². The first kappa shape index (κ1) is 15.9. The Hall–Kier alpha value is -2.98. The number of aryl methyl sites for hydroxylation is 1. The summed E-state index contributed by atoms with van der Waals surface area (Å²) in [6.45, 7) is 1.69. The number of nitrogens with zero attached hydrogens (tertiary/aromatic N) is 3. The van der Waals surface area contributed by atoms with Crippen LogP contribution in [-0.4, -0.2) is 23.0 Å². The van der Waals surface area contributed by atoms with Crippen molar-refractivity contribution in [1.82, 2.24) is 10.1 Å². The van der Waals surface area contributed by atoms with Crippen molar-refractivity contribution in [2.24, 2.45) is 0 Å². The van der Waals surface area contributed by atoms with Crippen molar-refractivity contribution in [3.8, 4) is 23.1 Å². The third kappa shape index (κ3) is 3.05. The lowest BCUT2D eigenvalue weighted by Gasteiger charge is -2.02.